The molecule has 0 N–H and O–H groups in total. The summed E-state index contributed by atoms with van der Waals surface area (Å²) < 4.78 is 0.860. The Morgan fingerprint density at radius 1 is 1.27 bits per heavy atom. The molecule has 0 bridgehead atoms. The molecular weight excluding hydrogens is 186 g/mol. The number of benzene rings is 1. The van der Waals surface area contributed by atoms with Crippen LogP contribution in [0.2, 0.25) is 0 Å². The summed E-state index contributed by atoms with van der Waals surface area (Å²) in [5, 5.41) is 12.6. The zero-order valence-corrected chi connectivity index (χ0v) is 8.31. The molecule has 0 fully saturated rings. The van der Waals surface area contributed by atoms with E-state index in [4.69, 9.17) is 0 Å². The molecule has 0 amide bonds. The van der Waals surface area contributed by atoms with Crippen LogP contribution in [0.4, 0.5) is 0 Å². The van der Waals surface area contributed by atoms with Crippen molar-refractivity contribution in [3.05, 3.63) is 66.5 Å². The van der Waals surface area contributed by atoms with E-state index >= 15 is 0 Å². The SMILES string of the molecule is C=CC(=C)c1cccc2ccc[n+]([O-])c12. The van der Waals surface area contributed by atoms with Crippen LogP contribution in [-0.4, -0.2) is 0 Å². The van der Waals surface area contributed by atoms with Crippen LogP contribution in [-0.2, 0) is 0 Å². The second-order valence-electron chi connectivity index (χ2n) is 3.31. The van der Waals surface area contributed by atoms with Gasteiger partial charge in [0.2, 0.25) is 5.52 Å². The van der Waals surface area contributed by atoms with Gasteiger partial charge in [-0.15, -0.1) is 0 Å². The van der Waals surface area contributed by atoms with Gasteiger partial charge in [0.1, 0.15) is 0 Å². The number of para-hydroxylation sites is 1. The molecule has 0 aliphatic rings. The Bertz CT molecular complexity index is 538. The van der Waals surface area contributed by atoms with Crippen molar-refractivity contribution in [1.82, 2.24) is 0 Å². The maximum Gasteiger partial charge on any atom is 0.231 e. The van der Waals surface area contributed by atoms with E-state index in [0.717, 1.165) is 21.3 Å². The van der Waals surface area contributed by atoms with Crippen LogP contribution in [0.5, 0.6) is 0 Å². The molecule has 1 aromatic carbocycles. The highest BCUT2D eigenvalue weighted by atomic mass is 16.5. The first-order valence-corrected chi connectivity index (χ1v) is 4.66. The lowest BCUT2D eigenvalue weighted by Gasteiger charge is -2.06. The van der Waals surface area contributed by atoms with E-state index < -0.39 is 0 Å². The second-order valence-corrected chi connectivity index (χ2v) is 3.31. The number of rotatable bonds is 2. The Morgan fingerprint density at radius 3 is 2.73 bits per heavy atom. The van der Waals surface area contributed by atoms with Gasteiger partial charge in [0.15, 0.2) is 6.20 Å². The molecule has 2 rings (SSSR count). The standard InChI is InChI=1S/C13H11NO/c1-3-10(2)12-8-4-6-11-7-5-9-14(15)13(11)12/h3-9H,1-2H2. The lowest BCUT2D eigenvalue weighted by Crippen LogP contribution is -2.26. The topological polar surface area (TPSA) is 26.9 Å². The average Bonchev–Trinajstić information content (AvgIpc) is 2.28. The number of hydrogen-bond acceptors (Lipinski definition) is 1. The second kappa shape index (κ2) is 3.58. The minimum absolute atomic E-state index is 0.643. The molecule has 1 heterocycles. The van der Waals surface area contributed by atoms with Crippen LogP contribution >= 0.6 is 0 Å². The fraction of sp³-hybridized carbons (Fsp3) is 0. The lowest BCUT2D eigenvalue weighted by atomic mass is 10.0. The van der Waals surface area contributed by atoms with Crippen molar-refractivity contribution in [3.8, 4) is 0 Å². The lowest BCUT2D eigenvalue weighted by molar-refractivity contribution is -0.577. The molecule has 0 radical (unpaired) electrons. The summed E-state index contributed by atoms with van der Waals surface area (Å²) in [5.41, 5.74) is 2.24. The maximum absolute atomic E-state index is 11.7. The fourth-order valence-corrected chi connectivity index (χ4v) is 1.61. The fourth-order valence-electron chi connectivity index (χ4n) is 1.61. The van der Waals surface area contributed by atoms with E-state index in [1.54, 1.807) is 12.1 Å². The van der Waals surface area contributed by atoms with Crippen LogP contribution in [0, 0.1) is 5.21 Å². The van der Waals surface area contributed by atoms with Crippen molar-refractivity contribution in [2.24, 2.45) is 0 Å². The summed E-state index contributed by atoms with van der Waals surface area (Å²) in [5.74, 6) is 0. The monoisotopic (exact) mass is 197 g/mol. The molecule has 0 atom stereocenters. The van der Waals surface area contributed by atoms with Gasteiger partial charge in [0.05, 0.1) is 5.56 Å². The molecule has 0 saturated heterocycles. The molecule has 74 valence electrons. The Balaban J connectivity index is 2.85. The molecule has 2 nitrogen and oxygen atoms in total. The number of aromatic nitrogens is 1. The predicted molar refractivity (Wildman–Crippen MR) is 62.1 cm³/mol. The first-order valence-electron chi connectivity index (χ1n) is 4.66. The summed E-state index contributed by atoms with van der Waals surface area (Å²) in [6.07, 6.45) is 3.14. The smallest absolute Gasteiger partial charge is 0.231 e. The minimum atomic E-state index is 0.643. The molecule has 2 aromatic rings. The van der Waals surface area contributed by atoms with E-state index in [1.165, 1.54) is 6.20 Å². The maximum atomic E-state index is 11.7. The number of allylic oxidation sites excluding steroid dienone is 2. The van der Waals surface area contributed by atoms with Crippen molar-refractivity contribution in [1.29, 1.82) is 0 Å². The first kappa shape index (κ1) is 9.46. The van der Waals surface area contributed by atoms with Gasteiger partial charge in [0.25, 0.3) is 0 Å². The summed E-state index contributed by atoms with van der Waals surface area (Å²) >= 11 is 0. The summed E-state index contributed by atoms with van der Waals surface area (Å²) in [4.78, 5) is 0. The highest BCUT2D eigenvalue weighted by Gasteiger charge is 2.09. The highest BCUT2D eigenvalue weighted by Crippen LogP contribution is 2.21. The molecule has 15 heavy (non-hydrogen) atoms. The zero-order chi connectivity index (χ0) is 10.8. The normalized spacial score (nSPS) is 10.1. The zero-order valence-electron chi connectivity index (χ0n) is 8.31. The molecule has 1 aromatic heterocycles. The number of hydrogen-bond donors (Lipinski definition) is 0. The Kier molecular flexibility index (Phi) is 2.26. The van der Waals surface area contributed by atoms with Crippen LogP contribution in [0.1, 0.15) is 5.56 Å². The summed E-state index contributed by atoms with van der Waals surface area (Å²) in [6, 6.07) is 9.33. The van der Waals surface area contributed by atoms with Crippen molar-refractivity contribution in [2.45, 2.75) is 0 Å². The van der Waals surface area contributed by atoms with Gasteiger partial charge in [0, 0.05) is 11.5 Å². The van der Waals surface area contributed by atoms with Gasteiger partial charge < -0.3 is 5.21 Å². The van der Waals surface area contributed by atoms with Gasteiger partial charge in [-0.2, -0.15) is 4.73 Å². The van der Waals surface area contributed by atoms with Gasteiger partial charge in [-0.05, 0) is 23.8 Å². The van der Waals surface area contributed by atoms with E-state index in [1.807, 2.05) is 24.3 Å². The molecule has 0 aliphatic heterocycles. The molecule has 0 aliphatic carbocycles. The van der Waals surface area contributed by atoms with Gasteiger partial charge in [-0.3, -0.25) is 0 Å². The Hall–Kier alpha value is -2.09. The summed E-state index contributed by atoms with van der Waals surface area (Å²) in [6.45, 7) is 7.53. The number of nitrogens with zero attached hydrogens (tertiary/aromatic N) is 1. The third kappa shape index (κ3) is 1.50. The minimum Gasteiger partial charge on any atom is -0.618 e. The van der Waals surface area contributed by atoms with Crippen molar-refractivity contribution in [3.63, 3.8) is 0 Å². The molecule has 0 spiro atoms. The largest absolute Gasteiger partial charge is 0.618 e. The van der Waals surface area contributed by atoms with E-state index in [0.29, 0.717) is 5.52 Å². The van der Waals surface area contributed by atoms with Crippen LogP contribution in [0.15, 0.2) is 55.8 Å². The van der Waals surface area contributed by atoms with E-state index in [9.17, 15) is 5.21 Å². The summed E-state index contributed by atoms with van der Waals surface area (Å²) in [7, 11) is 0. The molecule has 0 unspecified atom stereocenters. The average molecular weight is 197 g/mol. The van der Waals surface area contributed by atoms with Crippen LogP contribution in [0.25, 0.3) is 16.5 Å². The highest BCUT2D eigenvalue weighted by molar-refractivity contribution is 5.90. The van der Waals surface area contributed by atoms with Gasteiger partial charge >= 0.3 is 0 Å². The van der Waals surface area contributed by atoms with Crippen LogP contribution < -0.4 is 4.73 Å². The van der Waals surface area contributed by atoms with E-state index in [-0.39, 0.29) is 0 Å². The van der Waals surface area contributed by atoms with Crippen LogP contribution in [0.3, 0.4) is 0 Å². The van der Waals surface area contributed by atoms with Gasteiger partial charge in [-0.1, -0.05) is 25.3 Å². The molecule has 0 saturated carbocycles. The number of pyridine rings is 1. The Morgan fingerprint density at radius 2 is 2.00 bits per heavy atom. The van der Waals surface area contributed by atoms with Gasteiger partial charge in [-0.25, -0.2) is 0 Å². The van der Waals surface area contributed by atoms with Crippen molar-refractivity contribution in [2.75, 3.05) is 0 Å². The predicted octanol–water partition coefficient (Wildman–Crippen LogP) is 2.67. The molecule has 2 heteroatoms. The molecular formula is C13H11NO. The van der Waals surface area contributed by atoms with Crippen molar-refractivity contribution >= 4 is 16.5 Å². The van der Waals surface area contributed by atoms with Crippen molar-refractivity contribution < 1.29 is 4.73 Å². The first-order chi connectivity index (χ1) is 7.24. The van der Waals surface area contributed by atoms with E-state index in [2.05, 4.69) is 13.2 Å². The number of fused-ring (bicyclic) bond motifs is 1. The third-order valence-corrected chi connectivity index (χ3v) is 2.38. The Labute approximate surface area is 88.4 Å². The quantitative estimate of drug-likeness (QED) is 0.413. The third-order valence-electron chi connectivity index (χ3n) is 2.38.